The highest BCUT2D eigenvalue weighted by molar-refractivity contribution is 6.31. The van der Waals surface area contributed by atoms with Crippen molar-refractivity contribution in [2.45, 2.75) is 32.6 Å². The number of fused-ring (bicyclic) bond motifs is 1. The third kappa shape index (κ3) is 3.72. The predicted octanol–water partition coefficient (Wildman–Crippen LogP) is 3.64. The van der Waals surface area contributed by atoms with E-state index >= 15 is 0 Å². The number of likely N-dealkylation sites (tertiary alicyclic amines) is 1. The molecular formula is C20H22ClNO5. The van der Waals surface area contributed by atoms with Crippen LogP contribution in [0.15, 0.2) is 33.5 Å². The summed E-state index contributed by atoms with van der Waals surface area (Å²) in [6, 6.07) is 6.39. The van der Waals surface area contributed by atoms with E-state index in [2.05, 4.69) is 0 Å². The van der Waals surface area contributed by atoms with Crippen LogP contribution in [0.3, 0.4) is 0 Å². The summed E-state index contributed by atoms with van der Waals surface area (Å²) in [5.41, 5.74) is -0.867. The van der Waals surface area contributed by atoms with E-state index in [-0.39, 0.29) is 17.4 Å². The van der Waals surface area contributed by atoms with E-state index in [0.717, 1.165) is 12.8 Å². The summed E-state index contributed by atoms with van der Waals surface area (Å²) in [6.45, 7) is 2.80. The van der Waals surface area contributed by atoms with Crippen molar-refractivity contribution in [2.75, 3.05) is 20.2 Å². The van der Waals surface area contributed by atoms with Crippen molar-refractivity contribution in [2.24, 2.45) is 5.41 Å². The molecule has 0 N–H and O–H groups in total. The van der Waals surface area contributed by atoms with Crippen LogP contribution in [-0.2, 0) is 9.53 Å². The summed E-state index contributed by atoms with van der Waals surface area (Å²) < 4.78 is 10.2. The second-order valence-corrected chi connectivity index (χ2v) is 7.38. The Labute approximate surface area is 162 Å². The van der Waals surface area contributed by atoms with E-state index < -0.39 is 11.0 Å². The summed E-state index contributed by atoms with van der Waals surface area (Å²) in [7, 11) is 1.39. The summed E-state index contributed by atoms with van der Waals surface area (Å²) in [5, 5.41) is 1.09. The Balaban J connectivity index is 1.83. The minimum Gasteiger partial charge on any atom is -0.469 e. The average Bonchev–Trinajstić information content (AvgIpc) is 2.67. The molecule has 27 heavy (non-hydrogen) atoms. The number of nitrogens with zero attached hydrogens (tertiary/aromatic N) is 1. The zero-order valence-electron chi connectivity index (χ0n) is 15.4. The number of rotatable bonds is 4. The topological polar surface area (TPSA) is 76.8 Å². The average molecular weight is 392 g/mol. The molecule has 1 aromatic carbocycles. The largest absolute Gasteiger partial charge is 0.469 e. The number of esters is 1. The first-order valence-electron chi connectivity index (χ1n) is 9.01. The van der Waals surface area contributed by atoms with Crippen LogP contribution < -0.4 is 5.63 Å². The maximum Gasteiger partial charge on any atom is 0.349 e. The quantitative estimate of drug-likeness (QED) is 0.587. The third-order valence-electron chi connectivity index (χ3n) is 5.28. The highest BCUT2D eigenvalue weighted by atomic mass is 35.5. The van der Waals surface area contributed by atoms with Gasteiger partial charge in [0.25, 0.3) is 5.91 Å². The van der Waals surface area contributed by atoms with Crippen molar-refractivity contribution in [1.82, 2.24) is 4.90 Å². The Kier molecular flexibility index (Phi) is 5.56. The number of amides is 1. The maximum atomic E-state index is 12.9. The van der Waals surface area contributed by atoms with E-state index in [1.165, 1.54) is 13.2 Å². The lowest BCUT2D eigenvalue weighted by molar-refractivity contribution is -0.156. The van der Waals surface area contributed by atoms with Gasteiger partial charge in [-0.3, -0.25) is 9.59 Å². The molecule has 2 heterocycles. The van der Waals surface area contributed by atoms with E-state index in [0.29, 0.717) is 41.9 Å². The fraction of sp³-hybridized carbons (Fsp3) is 0.450. The molecule has 0 bridgehead atoms. The standard InChI is InChI=1S/C20H22ClNO5/c1-3-6-20(19(25)26-2)7-9-22(10-8-20)17(23)15-12-13-11-14(21)4-5-16(13)27-18(15)24/h4-5,11-12H,3,6-10H2,1-2H3. The predicted molar refractivity (Wildman–Crippen MR) is 102 cm³/mol. The lowest BCUT2D eigenvalue weighted by atomic mass is 9.75. The molecule has 1 amide bonds. The van der Waals surface area contributed by atoms with Gasteiger partial charge in [-0.25, -0.2) is 4.79 Å². The number of carbonyl (C=O) groups excluding carboxylic acids is 2. The molecule has 1 saturated heterocycles. The molecule has 7 heteroatoms. The Morgan fingerprint density at radius 3 is 2.59 bits per heavy atom. The lowest BCUT2D eigenvalue weighted by Gasteiger charge is -2.39. The number of methoxy groups -OCH3 is 1. The van der Waals surface area contributed by atoms with Crippen LogP contribution in [0.25, 0.3) is 11.0 Å². The molecule has 0 unspecified atom stereocenters. The van der Waals surface area contributed by atoms with Gasteiger partial charge in [-0.05, 0) is 43.5 Å². The van der Waals surface area contributed by atoms with Gasteiger partial charge >= 0.3 is 11.6 Å². The number of hydrogen-bond donors (Lipinski definition) is 0. The van der Waals surface area contributed by atoms with Gasteiger partial charge in [0, 0.05) is 23.5 Å². The maximum absolute atomic E-state index is 12.9. The van der Waals surface area contributed by atoms with Crippen molar-refractivity contribution in [3.63, 3.8) is 0 Å². The number of halogens is 1. The first kappa shape index (κ1) is 19.4. The number of carbonyl (C=O) groups is 2. The molecular weight excluding hydrogens is 370 g/mol. The van der Waals surface area contributed by atoms with Gasteiger partial charge in [-0.1, -0.05) is 24.9 Å². The molecule has 144 valence electrons. The Morgan fingerprint density at radius 1 is 1.26 bits per heavy atom. The van der Waals surface area contributed by atoms with Crippen LogP contribution in [-0.4, -0.2) is 37.0 Å². The number of piperidine rings is 1. The van der Waals surface area contributed by atoms with Crippen LogP contribution in [0.1, 0.15) is 43.0 Å². The van der Waals surface area contributed by atoms with Crippen LogP contribution in [0, 0.1) is 5.41 Å². The van der Waals surface area contributed by atoms with E-state index in [1.807, 2.05) is 6.92 Å². The van der Waals surface area contributed by atoms with Gasteiger partial charge in [0.15, 0.2) is 0 Å². The molecule has 0 aliphatic carbocycles. The number of hydrogen-bond acceptors (Lipinski definition) is 5. The smallest absolute Gasteiger partial charge is 0.349 e. The van der Waals surface area contributed by atoms with Crippen LogP contribution in [0.4, 0.5) is 0 Å². The molecule has 1 fully saturated rings. The van der Waals surface area contributed by atoms with Crippen molar-refractivity contribution in [3.8, 4) is 0 Å². The lowest BCUT2D eigenvalue weighted by Crippen LogP contribution is -2.47. The first-order valence-corrected chi connectivity index (χ1v) is 9.39. The van der Waals surface area contributed by atoms with Gasteiger partial charge in [0.05, 0.1) is 12.5 Å². The Bertz CT molecular complexity index is 928. The van der Waals surface area contributed by atoms with Gasteiger partial charge < -0.3 is 14.1 Å². The van der Waals surface area contributed by atoms with Crippen molar-refractivity contribution in [3.05, 3.63) is 45.3 Å². The van der Waals surface area contributed by atoms with Crippen molar-refractivity contribution >= 4 is 34.4 Å². The molecule has 2 aromatic rings. The summed E-state index contributed by atoms with van der Waals surface area (Å²) in [4.78, 5) is 39.0. The van der Waals surface area contributed by atoms with Crippen LogP contribution >= 0.6 is 11.6 Å². The van der Waals surface area contributed by atoms with E-state index in [1.54, 1.807) is 23.1 Å². The van der Waals surface area contributed by atoms with Gasteiger partial charge in [0.2, 0.25) is 0 Å². The summed E-state index contributed by atoms with van der Waals surface area (Å²) >= 11 is 5.98. The molecule has 0 radical (unpaired) electrons. The molecule has 1 aromatic heterocycles. The molecule has 0 saturated carbocycles. The van der Waals surface area contributed by atoms with Crippen LogP contribution in [0.5, 0.6) is 0 Å². The Morgan fingerprint density at radius 2 is 1.96 bits per heavy atom. The van der Waals surface area contributed by atoms with E-state index in [9.17, 15) is 14.4 Å². The first-order chi connectivity index (χ1) is 12.9. The number of ether oxygens (including phenoxy) is 1. The molecule has 0 spiro atoms. The minimum absolute atomic E-state index is 0.0224. The highest BCUT2D eigenvalue weighted by Crippen LogP contribution is 2.37. The Hall–Kier alpha value is -2.34. The summed E-state index contributed by atoms with van der Waals surface area (Å²) in [6.07, 6.45) is 2.62. The normalized spacial score (nSPS) is 16.3. The second-order valence-electron chi connectivity index (χ2n) is 6.94. The second kappa shape index (κ2) is 7.72. The van der Waals surface area contributed by atoms with Crippen molar-refractivity contribution < 1.29 is 18.7 Å². The highest BCUT2D eigenvalue weighted by Gasteiger charge is 2.42. The summed E-state index contributed by atoms with van der Waals surface area (Å²) in [5.74, 6) is -0.614. The zero-order chi connectivity index (χ0) is 19.6. The van der Waals surface area contributed by atoms with E-state index in [4.69, 9.17) is 20.8 Å². The van der Waals surface area contributed by atoms with Gasteiger partial charge in [-0.15, -0.1) is 0 Å². The van der Waals surface area contributed by atoms with Gasteiger partial charge in [0.1, 0.15) is 11.1 Å². The third-order valence-corrected chi connectivity index (χ3v) is 5.51. The fourth-order valence-electron chi connectivity index (χ4n) is 3.80. The zero-order valence-corrected chi connectivity index (χ0v) is 16.2. The molecule has 1 aliphatic rings. The monoisotopic (exact) mass is 391 g/mol. The minimum atomic E-state index is -0.673. The van der Waals surface area contributed by atoms with Gasteiger partial charge in [-0.2, -0.15) is 0 Å². The molecule has 3 rings (SSSR count). The molecule has 0 atom stereocenters. The van der Waals surface area contributed by atoms with Crippen molar-refractivity contribution in [1.29, 1.82) is 0 Å². The van der Waals surface area contributed by atoms with Crippen LogP contribution in [0.2, 0.25) is 5.02 Å². The number of benzene rings is 1. The molecule has 1 aliphatic heterocycles. The fourth-order valence-corrected chi connectivity index (χ4v) is 3.98. The molecule has 6 nitrogen and oxygen atoms in total. The SMILES string of the molecule is CCCC1(C(=O)OC)CCN(C(=O)c2cc3cc(Cl)ccc3oc2=O)CC1.